The summed E-state index contributed by atoms with van der Waals surface area (Å²) in [5.74, 6) is 0.889. The van der Waals surface area contributed by atoms with Crippen LogP contribution in [0.25, 0.3) is 0 Å². The highest BCUT2D eigenvalue weighted by molar-refractivity contribution is 9.10. The molecule has 21 heavy (non-hydrogen) atoms. The molecule has 0 aliphatic heterocycles. The Morgan fingerprint density at radius 3 is 2.52 bits per heavy atom. The maximum absolute atomic E-state index is 5.59. The van der Waals surface area contributed by atoms with Gasteiger partial charge in [-0.25, -0.2) is 0 Å². The van der Waals surface area contributed by atoms with Gasteiger partial charge in [0.05, 0.1) is 17.1 Å². The molecule has 0 spiro atoms. The van der Waals surface area contributed by atoms with E-state index >= 15 is 0 Å². The number of nitrogens with one attached hydrogen (secondary N) is 1. The molecule has 2 aromatic rings. The van der Waals surface area contributed by atoms with Crippen LogP contribution in [0.2, 0.25) is 0 Å². The van der Waals surface area contributed by atoms with Crippen LogP contribution in [0.5, 0.6) is 5.75 Å². The van der Waals surface area contributed by atoms with Gasteiger partial charge in [-0.3, -0.25) is 0 Å². The van der Waals surface area contributed by atoms with Gasteiger partial charge in [-0.05, 0) is 65.1 Å². The van der Waals surface area contributed by atoms with Crippen LogP contribution < -0.4 is 10.1 Å². The fraction of sp³-hybridized carbons (Fsp3) is 0.333. The first kappa shape index (κ1) is 16.1. The van der Waals surface area contributed by atoms with E-state index in [1.54, 1.807) is 0 Å². The van der Waals surface area contributed by atoms with Crippen LogP contribution in [0, 0.1) is 0 Å². The summed E-state index contributed by atoms with van der Waals surface area (Å²) in [6.07, 6.45) is 1.03. The first-order valence-electron chi connectivity index (χ1n) is 7.38. The van der Waals surface area contributed by atoms with Crippen molar-refractivity contribution in [2.45, 2.75) is 26.3 Å². The van der Waals surface area contributed by atoms with Gasteiger partial charge >= 0.3 is 0 Å². The van der Waals surface area contributed by atoms with E-state index in [1.807, 2.05) is 20.0 Å². The lowest BCUT2D eigenvalue weighted by Crippen LogP contribution is -2.19. The standard InChI is InChI=1S/C18H22BrNO/c1-4-13-8-6-7-9-15(13)18(20-3)14-10-11-17(21-5-2)16(19)12-14/h6-12,18,20H,4-5H2,1-3H3. The van der Waals surface area contributed by atoms with E-state index in [9.17, 15) is 0 Å². The second kappa shape index (κ2) is 7.62. The Hall–Kier alpha value is -1.32. The molecule has 2 rings (SSSR count). The van der Waals surface area contributed by atoms with Gasteiger partial charge in [0.2, 0.25) is 0 Å². The van der Waals surface area contributed by atoms with Crippen molar-refractivity contribution in [3.63, 3.8) is 0 Å². The minimum Gasteiger partial charge on any atom is -0.493 e. The van der Waals surface area contributed by atoms with Crippen LogP contribution in [-0.2, 0) is 6.42 Å². The molecule has 0 saturated carbocycles. The number of hydrogen-bond acceptors (Lipinski definition) is 2. The monoisotopic (exact) mass is 347 g/mol. The highest BCUT2D eigenvalue weighted by Gasteiger charge is 2.16. The third-order valence-corrected chi connectivity index (χ3v) is 4.24. The molecular weight excluding hydrogens is 326 g/mol. The fourth-order valence-electron chi connectivity index (χ4n) is 2.61. The van der Waals surface area contributed by atoms with Crippen molar-refractivity contribution in [1.29, 1.82) is 0 Å². The highest BCUT2D eigenvalue weighted by Crippen LogP contribution is 2.32. The Morgan fingerprint density at radius 2 is 1.90 bits per heavy atom. The van der Waals surface area contributed by atoms with Crippen molar-refractivity contribution in [2.75, 3.05) is 13.7 Å². The third-order valence-electron chi connectivity index (χ3n) is 3.62. The Kier molecular flexibility index (Phi) is 5.83. The van der Waals surface area contributed by atoms with Crippen molar-refractivity contribution in [3.05, 3.63) is 63.6 Å². The molecule has 0 aliphatic carbocycles. The van der Waals surface area contributed by atoms with E-state index in [0.717, 1.165) is 16.6 Å². The molecule has 0 amide bonds. The van der Waals surface area contributed by atoms with Gasteiger partial charge in [0.15, 0.2) is 0 Å². The van der Waals surface area contributed by atoms with Crippen molar-refractivity contribution < 1.29 is 4.74 Å². The van der Waals surface area contributed by atoms with Crippen LogP contribution in [-0.4, -0.2) is 13.7 Å². The molecule has 0 heterocycles. The SMILES string of the molecule is CCOc1ccc(C(NC)c2ccccc2CC)cc1Br. The van der Waals surface area contributed by atoms with Gasteiger partial charge in [0, 0.05) is 0 Å². The largest absolute Gasteiger partial charge is 0.493 e. The van der Waals surface area contributed by atoms with Crippen molar-refractivity contribution in [2.24, 2.45) is 0 Å². The van der Waals surface area contributed by atoms with E-state index in [1.165, 1.54) is 16.7 Å². The summed E-state index contributed by atoms with van der Waals surface area (Å²) in [6.45, 7) is 4.86. The molecule has 2 nitrogen and oxygen atoms in total. The van der Waals surface area contributed by atoms with Crippen LogP contribution in [0.15, 0.2) is 46.9 Å². The summed E-state index contributed by atoms with van der Waals surface area (Å²) < 4.78 is 6.58. The molecule has 1 N–H and O–H groups in total. The number of rotatable bonds is 6. The zero-order valence-electron chi connectivity index (χ0n) is 12.8. The third kappa shape index (κ3) is 3.66. The maximum Gasteiger partial charge on any atom is 0.133 e. The molecule has 2 aromatic carbocycles. The normalized spacial score (nSPS) is 12.2. The zero-order chi connectivity index (χ0) is 15.2. The zero-order valence-corrected chi connectivity index (χ0v) is 14.4. The fourth-order valence-corrected chi connectivity index (χ4v) is 3.12. The molecule has 0 fully saturated rings. The number of ether oxygens (including phenoxy) is 1. The molecule has 0 aromatic heterocycles. The predicted molar refractivity (Wildman–Crippen MR) is 92.0 cm³/mol. The Bertz CT molecular complexity index is 598. The number of halogens is 1. The van der Waals surface area contributed by atoms with Gasteiger partial charge in [0.1, 0.15) is 5.75 Å². The molecule has 0 aliphatic rings. The number of benzene rings is 2. The van der Waals surface area contributed by atoms with Gasteiger partial charge in [-0.2, -0.15) is 0 Å². The molecule has 112 valence electrons. The van der Waals surface area contributed by atoms with Gasteiger partial charge in [-0.15, -0.1) is 0 Å². The Labute approximate surface area is 135 Å². The number of hydrogen-bond donors (Lipinski definition) is 1. The smallest absolute Gasteiger partial charge is 0.133 e. The number of aryl methyl sites for hydroxylation is 1. The molecule has 0 bridgehead atoms. The Morgan fingerprint density at radius 1 is 1.14 bits per heavy atom. The van der Waals surface area contributed by atoms with Crippen molar-refractivity contribution in [1.82, 2.24) is 5.32 Å². The highest BCUT2D eigenvalue weighted by atomic mass is 79.9. The lowest BCUT2D eigenvalue weighted by atomic mass is 9.93. The molecule has 0 saturated heterocycles. The van der Waals surface area contributed by atoms with Crippen molar-refractivity contribution >= 4 is 15.9 Å². The van der Waals surface area contributed by atoms with Gasteiger partial charge < -0.3 is 10.1 Å². The van der Waals surface area contributed by atoms with E-state index in [-0.39, 0.29) is 6.04 Å². The summed E-state index contributed by atoms with van der Waals surface area (Å²) in [5.41, 5.74) is 3.94. The lowest BCUT2D eigenvalue weighted by molar-refractivity contribution is 0.338. The first-order chi connectivity index (χ1) is 10.2. The van der Waals surface area contributed by atoms with Crippen LogP contribution in [0.4, 0.5) is 0 Å². The predicted octanol–water partition coefficient (Wildman–Crippen LogP) is 4.72. The molecule has 3 heteroatoms. The Balaban J connectivity index is 2.39. The van der Waals surface area contributed by atoms with Crippen LogP contribution >= 0.6 is 15.9 Å². The molecule has 1 atom stereocenters. The lowest BCUT2D eigenvalue weighted by Gasteiger charge is -2.21. The van der Waals surface area contributed by atoms with Crippen molar-refractivity contribution in [3.8, 4) is 5.75 Å². The van der Waals surface area contributed by atoms with E-state index in [4.69, 9.17) is 4.74 Å². The second-order valence-electron chi connectivity index (χ2n) is 4.90. The van der Waals surface area contributed by atoms with Gasteiger partial charge in [-0.1, -0.05) is 37.3 Å². The quantitative estimate of drug-likeness (QED) is 0.816. The van der Waals surface area contributed by atoms with E-state index in [0.29, 0.717) is 6.61 Å². The maximum atomic E-state index is 5.59. The summed E-state index contributed by atoms with van der Waals surface area (Å²) in [7, 11) is 2.00. The molecule has 1 unspecified atom stereocenters. The minimum absolute atomic E-state index is 0.188. The molecular formula is C18H22BrNO. The second-order valence-corrected chi connectivity index (χ2v) is 5.75. The first-order valence-corrected chi connectivity index (χ1v) is 8.17. The van der Waals surface area contributed by atoms with Crippen LogP contribution in [0.3, 0.4) is 0 Å². The summed E-state index contributed by atoms with van der Waals surface area (Å²) in [5, 5.41) is 3.43. The average molecular weight is 348 g/mol. The average Bonchev–Trinajstić information content (AvgIpc) is 2.51. The summed E-state index contributed by atoms with van der Waals surface area (Å²) in [4.78, 5) is 0. The minimum atomic E-state index is 0.188. The van der Waals surface area contributed by atoms with E-state index in [2.05, 4.69) is 64.6 Å². The topological polar surface area (TPSA) is 21.3 Å². The summed E-state index contributed by atoms with van der Waals surface area (Å²) >= 11 is 3.60. The summed E-state index contributed by atoms with van der Waals surface area (Å²) in [6, 6.07) is 15.1. The van der Waals surface area contributed by atoms with Gasteiger partial charge in [0.25, 0.3) is 0 Å². The molecule has 0 radical (unpaired) electrons. The van der Waals surface area contributed by atoms with Crippen LogP contribution in [0.1, 0.15) is 36.6 Å². The van der Waals surface area contributed by atoms with E-state index < -0.39 is 0 Å².